The zero-order valence-electron chi connectivity index (χ0n) is 23.2. The van der Waals surface area contributed by atoms with Crippen molar-refractivity contribution in [2.45, 2.75) is 77.8 Å². The molecule has 2 aliphatic carbocycles. The molecule has 5 rings (SSSR count). The Hall–Kier alpha value is -3.75. The zero-order chi connectivity index (χ0) is 27.6. The van der Waals surface area contributed by atoms with E-state index < -0.39 is 0 Å². The van der Waals surface area contributed by atoms with Gasteiger partial charge in [-0.05, 0) is 96.0 Å². The summed E-state index contributed by atoms with van der Waals surface area (Å²) in [4.78, 5) is 28.9. The normalized spacial score (nSPS) is 20.8. The summed E-state index contributed by atoms with van der Waals surface area (Å²) in [6.45, 7) is 6.97. The lowest BCUT2D eigenvalue weighted by atomic mass is 9.71. The van der Waals surface area contributed by atoms with Gasteiger partial charge in [0.2, 0.25) is 5.91 Å². The molecule has 1 fully saturated rings. The Labute approximate surface area is 229 Å². The van der Waals surface area contributed by atoms with Crippen LogP contribution in [-0.4, -0.2) is 50.5 Å². The minimum Gasteiger partial charge on any atom is -0.497 e. The fourth-order valence-electron chi connectivity index (χ4n) is 6.27. The smallest absolute Gasteiger partial charge is 0.270 e. The number of H-pyrrole nitrogens is 1. The number of aryl methyl sites for hydroxylation is 1. The van der Waals surface area contributed by atoms with Gasteiger partial charge < -0.3 is 9.64 Å². The number of tetrazole rings is 1. The zero-order valence-corrected chi connectivity index (χ0v) is 23.2. The first-order valence-electron chi connectivity index (χ1n) is 13.8. The van der Waals surface area contributed by atoms with Crippen LogP contribution in [0.1, 0.15) is 86.0 Å². The summed E-state index contributed by atoms with van der Waals surface area (Å²) in [7, 11) is 1.65. The van der Waals surface area contributed by atoms with E-state index in [9.17, 15) is 9.59 Å². The molecular formula is C30H38N6O3. The first-order chi connectivity index (χ1) is 18.7. The summed E-state index contributed by atoms with van der Waals surface area (Å²) >= 11 is 0. The molecule has 0 radical (unpaired) electrons. The molecule has 0 spiro atoms. The van der Waals surface area contributed by atoms with Gasteiger partial charge in [-0.1, -0.05) is 44.1 Å². The average Bonchev–Trinajstić information content (AvgIpc) is 3.59. The number of aromatic nitrogens is 4. The highest BCUT2D eigenvalue weighted by atomic mass is 16.5. The number of amides is 2. The van der Waals surface area contributed by atoms with Crippen LogP contribution in [0.25, 0.3) is 0 Å². The van der Waals surface area contributed by atoms with E-state index >= 15 is 0 Å². The van der Waals surface area contributed by atoms with Gasteiger partial charge in [-0.25, -0.2) is 0 Å². The predicted molar refractivity (Wildman–Crippen MR) is 148 cm³/mol. The number of ether oxygens (including phenoxy) is 1. The third-order valence-corrected chi connectivity index (χ3v) is 8.47. The molecule has 39 heavy (non-hydrogen) atoms. The van der Waals surface area contributed by atoms with Crippen LogP contribution >= 0.6 is 0 Å². The number of methoxy groups -OCH3 is 1. The van der Waals surface area contributed by atoms with Crippen molar-refractivity contribution in [3.05, 3.63) is 64.7 Å². The molecule has 206 valence electrons. The highest BCUT2D eigenvalue weighted by Crippen LogP contribution is 2.44. The van der Waals surface area contributed by atoms with Gasteiger partial charge >= 0.3 is 0 Å². The number of aromatic amines is 1. The van der Waals surface area contributed by atoms with Gasteiger partial charge in [0.05, 0.1) is 19.6 Å². The number of carbonyl (C=O) groups excluding carboxylic acids is 2. The predicted octanol–water partition coefficient (Wildman–Crippen LogP) is 5.12. The Balaban J connectivity index is 1.38. The van der Waals surface area contributed by atoms with Crippen LogP contribution in [0, 0.1) is 11.3 Å². The monoisotopic (exact) mass is 530 g/mol. The van der Waals surface area contributed by atoms with E-state index in [2.05, 4.69) is 51.6 Å². The summed E-state index contributed by atoms with van der Waals surface area (Å²) in [6, 6.07) is 13.8. The van der Waals surface area contributed by atoms with E-state index in [1.54, 1.807) is 7.11 Å². The molecule has 1 saturated carbocycles. The van der Waals surface area contributed by atoms with Crippen molar-refractivity contribution < 1.29 is 14.3 Å². The standard InChI is InChI=1S/C30H38N6O3/c1-30(2,3)22-9-11-23(12-10-22)36(27(37)17-19-5-13-24(39-4)14-6-19)26-16-8-20-18-21(7-15-25(20)26)28(38)31-29-32-34-35-33-29/h5-7,13-15,18,22-23,26H,8-12,16-17H2,1-4H3,(H2,31,32,33,34,35,38). The Bertz CT molecular complexity index is 1290. The van der Waals surface area contributed by atoms with Gasteiger partial charge in [0.1, 0.15) is 5.75 Å². The molecule has 2 aliphatic rings. The van der Waals surface area contributed by atoms with Crippen molar-refractivity contribution in [2.24, 2.45) is 11.3 Å². The first kappa shape index (κ1) is 26.8. The maximum Gasteiger partial charge on any atom is 0.270 e. The van der Waals surface area contributed by atoms with Crippen molar-refractivity contribution in [1.29, 1.82) is 0 Å². The number of hydrogen-bond acceptors (Lipinski definition) is 6. The number of rotatable bonds is 7. The highest BCUT2D eigenvalue weighted by Gasteiger charge is 2.39. The lowest BCUT2D eigenvalue weighted by Gasteiger charge is -2.43. The van der Waals surface area contributed by atoms with Gasteiger partial charge in [-0.3, -0.25) is 14.9 Å². The molecule has 1 unspecified atom stereocenters. The third-order valence-electron chi connectivity index (χ3n) is 8.47. The van der Waals surface area contributed by atoms with Crippen molar-refractivity contribution in [3.63, 3.8) is 0 Å². The van der Waals surface area contributed by atoms with Crippen molar-refractivity contribution in [3.8, 4) is 5.75 Å². The summed E-state index contributed by atoms with van der Waals surface area (Å²) in [6.07, 6.45) is 6.36. The summed E-state index contributed by atoms with van der Waals surface area (Å²) in [5.41, 5.74) is 4.07. The molecule has 3 aromatic rings. The van der Waals surface area contributed by atoms with Gasteiger partial charge in [0.15, 0.2) is 0 Å². The van der Waals surface area contributed by atoms with Gasteiger partial charge in [-0.15, -0.1) is 5.10 Å². The van der Waals surface area contributed by atoms with E-state index in [0.717, 1.165) is 61.0 Å². The third kappa shape index (κ3) is 5.97. The van der Waals surface area contributed by atoms with E-state index in [-0.39, 0.29) is 35.3 Å². The molecule has 9 heteroatoms. The molecule has 1 atom stereocenters. The van der Waals surface area contributed by atoms with E-state index in [4.69, 9.17) is 4.74 Å². The number of anilines is 1. The molecule has 2 aromatic carbocycles. The Morgan fingerprint density at radius 1 is 1.05 bits per heavy atom. The lowest BCUT2D eigenvalue weighted by molar-refractivity contribution is -0.137. The van der Waals surface area contributed by atoms with Gasteiger partial charge in [0, 0.05) is 11.6 Å². The highest BCUT2D eigenvalue weighted by molar-refractivity contribution is 6.03. The Morgan fingerprint density at radius 2 is 1.79 bits per heavy atom. The van der Waals surface area contributed by atoms with Crippen LogP contribution in [0.3, 0.4) is 0 Å². The number of nitrogens with one attached hydrogen (secondary N) is 2. The van der Waals surface area contributed by atoms with Crippen LogP contribution in [0.4, 0.5) is 5.95 Å². The molecule has 2 amide bonds. The molecule has 0 aliphatic heterocycles. The Kier molecular flexibility index (Phi) is 7.68. The maximum absolute atomic E-state index is 14.0. The quantitative estimate of drug-likeness (QED) is 0.438. The van der Waals surface area contributed by atoms with Crippen LogP contribution < -0.4 is 10.1 Å². The summed E-state index contributed by atoms with van der Waals surface area (Å²) in [5.74, 6) is 1.47. The number of hydrogen-bond donors (Lipinski definition) is 2. The molecule has 0 saturated heterocycles. The molecule has 0 bridgehead atoms. The fraction of sp³-hybridized carbons (Fsp3) is 0.500. The second kappa shape index (κ2) is 11.2. The minimum absolute atomic E-state index is 0.0104. The average molecular weight is 531 g/mol. The van der Waals surface area contributed by atoms with E-state index in [0.29, 0.717) is 17.9 Å². The van der Waals surface area contributed by atoms with Crippen molar-refractivity contribution in [2.75, 3.05) is 12.4 Å². The van der Waals surface area contributed by atoms with Crippen LogP contribution in [0.15, 0.2) is 42.5 Å². The second-order valence-corrected chi connectivity index (χ2v) is 11.9. The minimum atomic E-state index is -0.282. The van der Waals surface area contributed by atoms with Crippen molar-refractivity contribution in [1.82, 2.24) is 25.5 Å². The van der Waals surface area contributed by atoms with Gasteiger partial charge in [-0.2, -0.15) is 5.21 Å². The maximum atomic E-state index is 14.0. The van der Waals surface area contributed by atoms with Crippen LogP contribution in [-0.2, 0) is 17.6 Å². The number of nitrogens with zero attached hydrogens (tertiary/aromatic N) is 4. The first-order valence-corrected chi connectivity index (χ1v) is 13.8. The molecule has 1 aromatic heterocycles. The van der Waals surface area contributed by atoms with E-state index in [1.165, 1.54) is 0 Å². The lowest BCUT2D eigenvalue weighted by Crippen LogP contribution is -2.45. The molecule has 9 nitrogen and oxygen atoms in total. The Morgan fingerprint density at radius 3 is 2.44 bits per heavy atom. The SMILES string of the molecule is COc1ccc(CC(=O)N(C2CCC(C(C)(C)C)CC2)C2CCc3cc(C(=O)Nc4nn[nH]n4)ccc32)cc1. The number of benzene rings is 2. The number of carbonyl (C=O) groups is 2. The largest absolute Gasteiger partial charge is 0.497 e. The topological polar surface area (TPSA) is 113 Å². The molecule has 1 heterocycles. The number of fused-ring (bicyclic) bond motifs is 1. The van der Waals surface area contributed by atoms with E-state index in [1.807, 2.05) is 42.5 Å². The van der Waals surface area contributed by atoms with Crippen LogP contribution in [0.5, 0.6) is 5.75 Å². The van der Waals surface area contributed by atoms with Crippen LogP contribution in [0.2, 0.25) is 0 Å². The summed E-state index contributed by atoms with van der Waals surface area (Å²) < 4.78 is 5.29. The second-order valence-electron chi connectivity index (χ2n) is 11.9. The van der Waals surface area contributed by atoms with Crippen molar-refractivity contribution >= 4 is 17.8 Å². The molecular weight excluding hydrogens is 492 g/mol. The molecule has 2 N–H and O–H groups in total. The summed E-state index contributed by atoms with van der Waals surface area (Å²) in [5, 5.41) is 16.1. The van der Waals surface area contributed by atoms with Gasteiger partial charge in [0.25, 0.3) is 11.9 Å². The fourth-order valence-corrected chi connectivity index (χ4v) is 6.27.